The van der Waals surface area contributed by atoms with Gasteiger partial charge in [0.1, 0.15) is 5.82 Å². The van der Waals surface area contributed by atoms with E-state index in [0.29, 0.717) is 6.04 Å². The number of aromatic nitrogens is 1. The van der Waals surface area contributed by atoms with Crippen LogP contribution in [0.25, 0.3) is 6.08 Å². The number of hydrogen-bond acceptors (Lipinski definition) is 4. The highest BCUT2D eigenvalue weighted by atomic mass is 35.5. The molecule has 6 heteroatoms. The van der Waals surface area contributed by atoms with Crippen LogP contribution in [0.1, 0.15) is 24.1 Å². The summed E-state index contributed by atoms with van der Waals surface area (Å²) < 4.78 is 13.6. The predicted molar refractivity (Wildman–Crippen MR) is 113 cm³/mol. The number of rotatable bonds is 6. The first-order valence-electron chi connectivity index (χ1n) is 9.94. The van der Waals surface area contributed by atoms with E-state index < -0.39 is 0 Å². The minimum atomic E-state index is -0.272. The van der Waals surface area contributed by atoms with E-state index in [0.717, 1.165) is 68.5 Å². The molecular formula is C22H26ClFN4. The van der Waals surface area contributed by atoms with Crippen LogP contribution in [0.5, 0.6) is 0 Å². The highest BCUT2D eigenvalue weighted by Crippen LogP contribution is 2.24. The summed E-state index contributed by atoms with van der Waals surface area (Å²) in [6.07, 6.45) is 7.66. The Morgan fingerprint density at radius 1 is 1.14 bits per heavy atom. The predicted octanol–water partition coefficient (Wildman–Crippen LogP) is 3.96. The maximum Gasteiger partial charge on any atom is 0.143 e. The molecule has 2 aliphatic heterocycles. The second-order valence-corrected chi connectivity index (χ2v) is 7.97. The van der Waals surface area contributed by atoms with E-state index in [1.54, 1.807) is 6.07 Å². The third-order valence-corrected chi connectivity index (χ3v) is 5.84. The lowest BCUT2D eigenvalue weighted by molar-refractivity contribution is 0.201. The molecule has 28 heavy (non-hydrogen) atoms. The number of likely N-dealkylation sites (tertiary alicyclic amines) is 1. The van der Waals surface area contributed by atoms with Gasteiger partial charge >= 0.3 is 0 Å². The number of benzene rings is 1. The van der Waals surface area contributed by atoms with Crippen molar-refractivity contribution >= 4 is 23.4 Å². The third kappa shape index (κ3) is 4.90. The second kappa shape index (κ2) is 9.03. The molecule has 4 rings (SSSR count). The molecule has 1 aromatic carbocycles. The monoisotopic (exact) mass is 400 g/mol. The van der Waals surface area contributed by atoms with Crippen LogP contribution in [0.2, 0.25) is 5.02 Å². The summed E-state index contributed by atoms with van der Waals surface area (Å²) in [7, 11) is 0. The molecule has 4 nitrogen and oxygen atoms in total. The van der Waals surface area contributed by atoms with Crippen LogP contribution < -0.4 is 10.2 Å². The number of pyridine rings is 1. The van der Waals surface area contributed by atoms with E-state index in [1.165, 1.54) is 11.8 Å². The summed E-state index contributed by atoms with van der Waals surface area (Å²) in [4.78, 5) is 8.91. The summed E-state index contributed by atoms with van der Waals surface area (Å²) in [5, 5.41) is 4.44. The Morgan fingerprint density at radius 2 is 1.93 bits per heavy atom. The van der Waals surface area contributed by atoms with Crippen LogP contribution in [0.4, 0.5) is 10.1 Å². The van der Waals surface area contributed by atoms with Gasteiger partial charge in [0, 0.05) is 43.3 Å². The van der Waals surface area contributed by atoms with E-state index in [1.807, 2.05) is 18.2 Å². The SMILES string of the molecule is Fc1cnc2c(c1)N(CCN1CCC(NCc3ccc(Cl)cc3)CC1)CC=C2. The molecule has 0 aliphatic carbocycles. The maximum atomic E-state index is 13.6. The zero-order valence-electron chi connectivity index (χ0n) is 16.0. The van der Waals surface area contributed by atoms with Crippen molar-refractivity contribution in [2.24, 2.45) is 0 Å². The van der Waals surface area contributed by atoms with E-state index >= 15 is 0 Å². The van der Waals surface area contributed by atoms with Gasteiger partial charge in [0.05, 0.1) is 17.6 Å². The molecule has 2 aliphatic rings. The Kier molecular flexibility index (Phi) is 6.25. The van der Waals surface area contributed by atoms with E-state index in [-0.39, 0.29) is 5.82 Å². The van der Waals surface area contributed by atoms with Crippen molar-refractivity contribution in [1.82, 2.24) is 15.2 Å². The number of fused-ring (bicyclic) bond motifs is 1. The van der Waals surface area contributed by atoms with Crippen LogP contribution >= 0.6 is 11.6 Å². The van der Waals surface area contributed by atoms with Crippen LogP contribution in [-0.2, 0) is 6.54 Å². The highest BCUT2D eigenvalue weighted by Gasteiger charge is 2.20. The molecule has 0 spiro atoms. The maximum absolute atomic E-state index is 13.6. The van der Waals surface area contributed by atoms with Crippen molar-refractivity contribution in [3.05, 3.63) is 64.7 Å². The van der Waals surface area contributed by atoms with Gasteiger partial charge in [-0.15, -0.1) is 0 Å². The summed E-state index contributed by atoms with van der Waals surface area (Å²) in [5.41, 5.74) is 3.03. The van der Waals surface area contributed by atoms with Gasteiger partial charge in [0.25, 0.3) is 0 Å². The Bertz CT molecular complexity index is 816. The molecule has 0 bridgehead atoms. The molecule has 3 heterocycles. The van der Waals surface area contributed by atoms with E-state index in [2.05, 4.69) is 38.3 Å². The van der Waals surface area contributed by atoms with Crippen molar-refractivity contribution in [2.45, 2.75) is 25.4 Å². The number of anilines is 1. The minimum Gasteiger partial charge on any atom is -0.365 e. The average Bonchev–Trinajstić information content (AvgIpc) is 2.72. The van der Waals surface area contributed by atoms with Gasteiger partial charge in [-0.3, -0.25) is 4.98 Å². The van der Waals surface area contributed by atoms with Gasteiger partial charge < -0.3 is 15.1 Å². The van der Waals surface area contributed by atoms with Gasteiger partial charge in [-0.2, -0.15) is 0 Å². The second-order valence-electron chi connectivity index (χ2n) is 7.53. The normalized spacial score (nSPS) is 17.7. The lowest BCUT2D eigenvalue weighted by Crippen LogP contribution is -2.45. The molecule has 1 N–H and O–H groups in total. The molecule has 0 amide bonds. The number of nitrogens with zero attached hydrogens (tertiary/aromatic N) is 3. The Balaban J connectivity index is 1.21. The smallest absolute Gasteiger partial charge is 0.143 e. The first kappa shape index (κ1) is 19.4. The van der Waals surface area contributed by atoms with E-state index in [9.17, 15) is 4.39 Å². The molecule has 1 saturated heterocycles. The Labute approximate surface area is 171 Å². The average molecular weight is 401 g/mol. The third-order valence-electron chi connectivity index (χ3n) is 5.59. The first-order valence-corrected chi connectivity index (χ1v) is 10.3. The van der Waals surface area contributed by atoms with Crippen LogP contribution in [-0.4, -0.2) is 48.6 Å². The number of nitrogens with one attached hydrogen (secondary N) is 1. The van der Waals surface area contributed by atoms with Crippen molar-refractivity contribution in [2.75, 3.05) is 37.6 Å². The minimum absolute atomic E-state index is 0.272. The molecule has 0 radical (unpaired) electrons. The lowest BCUT2D eigenvalue weighted by atomic mass is 10.0. The summed E-state index contributed by atoms with van der Waals surface area (Å²) >= 11 is 5.94. The number of hydrogen-bond donors (Lipinski definition) is 1. The van der Waals surface area contributed by atoms with Gasteiger partial charge in [0.2, 0.25) is 0 Å². The number of piperidine rings is 1. The quantitative estimate of drug-likeness (QED) is 0.795. The van der Waals surface area contributed by atoms with Crippen molar-refractivity contribution in [3.8, 4) is 0 Å². The molecule has 1 fully saturated rings. The lowest BCUT2D eigenvalue weighted by Gasteiger charge is -2.35. The molecule has 0 unspecified atom stereocenters. The fourth-order valence-corrected chi connectivity index (χ4v) is 4.04. The molecule has 2 aromatic rings. The highest BCUT2D eigenvalue weighted by molar-refractivity contribution is 6.30. The zero-order chi connectivity index (χ0) is 19.3. The largest absolute Gasteiger partial charge is 0.365 e. The van der Waals surface area contributed by atoms with Crippen molar-refractivity contribution < 1.29 is 4.39 Å². The van der Waals surface area contributed by atoms with Gasteiger partial charge in [-0.05, 0) is 49.7 Å². The molecule has 0 atom stereocenters. The van der Waals surface area contributed by atoms with Crippen LogP contribution in [0.15, 0.2) is 42.6 Å². The fraction of sp³-hybridized carbons (Fsp3) is 0.409. The summed E-state index contributed by atoms with van der Waals surface area (Å²) in [6, 6.07) is 10.2. The topological polar surface area (TPSA) is 31.4 Å². The molecule has 0 saturated carbocycles. The van der Waals surface area contributed by atoms with Crippen molar-refractivity contribution in [3.63, 3.8) is 0 Å². The van der Waals surface area contributed by atoms with Crippen molar-refractivity contribution in [1.29, 1.82) is 0 Å². The molecule has 148 valence electrons. The summed E-state index contributed by atoms with van der Waals surface area (Å²) in [6.45, 7) is 5.78. The Morgan fingerprint density at radius 3 is 2.71 bits per heavy atom. The van der Waals surface area contributed by atoms with Gasteiger partial charge in [-0.1, -0.05) is 29.8 Å². The zero-order valence-corrected chi connectivity index (χ0v) is 16.7. The standard InChI is InChI=1S/C22H26ClFN4/c23-18-5-3-17(4-6-18)15-25-20-7-10-27(11-8-20)12-13-28-9-1-2-21-22(28)14-19(24)16-26-21/h1-6,14,16,20,25H,7-13,15H2. The molecule has 1 aromatic heterocycles. The van der Waals surface area contributed by atoms with Gasteiger partial charge in [-0.25, -0.2) is 4.39 Å². The molecular weight excluding hydrogens is 375 g/mol. The van der Waals surface area contributed by atoms with E-state index in [4.69, 9.17) is 11.6 Å². The van der Waals surface area contributed by atoms with Gasteiger partial charge in [0.15, 0.2) is 0 Å². The summed E-state index contributed by atoms with van der Waals surface area (Å²) in [5.74, 6) is -0.272. The van der Waals surface area contributed by atoms with Crippen LogP contribution in [0, 0.1) is 5.82 Å². The first-order chi connectivity index (χ1) is 13.7. The number of halogens is 2. The Hall–Kier alpha value is -1.95. The van der Waals surface area contributed by atoms with Crippen LogP contribution in [0.3, 0.4) is 0 Å². The fourth-order valence-electron chi connectivity index (χ4n) is 3.91.